The molecule has 3 rings (SSSR count). The van der Waals surface area contributed by atoms with Crippen LogP contribution in [0.1, 0.15) is 9.67 Å². The first-order valence-electron chi connectivity index (χ1n) is 8.85. The van der Waals surface area contributed by atoms with E-state index in [0.717, 1.165) is 5.56 Å². The predicted molar refractivity (Wildman–Crippen MR) is 125 cm³/mol. The second kappa shape index (κ2) is 10.4. The first-order chi connectivity index (χ1) is 14.1. The van der Waals surface area contributed by atoms with Crippen molar-refractivity contribution in [3.05, 3.63) is 96.6 Å². The van der Waals surface area contributed by atoms with Gasteiger partial charge in [-0.2, -0.15) is 5.11 Å². The van der Waals surface area contributed by atoms with Gasteiger partial charge in [-0.15, -0.1) is 5.11 Å². The second-order valence-electron chi connectivity index (χ2n) is 5.93. The van der Waals surface area contributed by atoms with Gasteiger partial charge in [0.1, 0.15) is 5.82 Å². The highest BCUT2D eigenvalue weighted by Gasteiger charge is 2.15. The van der Waals surface area contributed by atoms with Gasteiger partial charge in [-0.05, 0) is 34.7 Å². The number of alkyl halides is 1. The number of azo groups is 1. The van der Waals surface area contributed by atoms with E-state index >= 15 is 0 Å². The zero-order valence-electron chi connectivity index (χ0n) is 15.5. The molecule has 0 amide bonds. The Morgan fingerprint density at radius 1 is 0.793 bits per heavy atom. The first-order valence-corrected chi connectivity index (χ1v) is 10.1. The molecule has 2 aromatic carbocycles. The normalized spacial score (nSPS) is 11.6. The number of rotatable bonds is 5. The van der Waals surface area contributed by atoms with E-state index in [9.17, 15) is 0 Å². The average Bonchev–Trinajstić information content (AvgIpc) is 2.72. The van der Waals surface area contributed by atoms with Crippen LogP contribution < -0.4 is 16.2 Å². The quantitative estimate of drug-likeness (QED) is 0.246. The Labute approximate surface area is 183 Å². The summed E-state index contributed by atoms with van der Waals surface area (Å²) >= 11 is 2.20. The largest absolute Gasteiger partial charge is 0.473 e. The third-order valence-electron chi connectivity index (χ3n) is 3.76. The zero-order valence-corrected chi connectivity index (χ0v) is 17.7. The first kappa shape index (κ1) is 20.5. The molecule has 0 saturated carbocycles. The number of anilines is 2. The van der Waals surface area contributed by atoms with E-state index in [-0.39, 0.29) is 15.7 Å². The van der Waals surface area contributed by atoms with Crippen molar-refractivity contribution < 1.29 is 4.74 Å². The molecular formula is C22H20IN5O. The highest BCUT2D eigenvalue weighted by molar-refractivity contribution is 14.1. The lowest BCUT2D eigenvalue weighted by Gasteiger charge is -2.15. The molecule has 3 aromatic rings. The van der Waals surface area contributed by atoms with Gasteiger partial charge in [0, 0.05) is 11.6 Å². The van der Waals surface area contributed by atoms with E-state index in [0.29, 0.717) is 17.1 Å². The molecule has 0 aliphatic carbocycles. The number of halogens is 1. The van der Waals surface area contributed by atoms with Crippen molar-refractivity contribution in [1.82, 2.24) is 4.98 Å². The van der Waals surface area contributed by atoms with Crippen molar-refractivity contribution in [1.29, 1.82) is 0 Å². The Balaban J connectivity index is 1.93. The summed E-state index contributed by atoms with van der Waals surface area (Å²) in [5, 5.41) is 8.48. The van der Waals surface area contributed by atoms with E-state index < -0.39 is 0 Å². The van der Waals surface area contributed by atoms with Crippen LogP contribution >= 0.6 is 22.6 Å². The molecule has 146 valence electrons. The Bertz CT molecular complexity index is 1020. The number of ether oxygens (including phenoxy) is 1. The van der Waals surface area contributed by atoms with Gasteiger partial charge in [-0.1, -0.05) is 72.8 Å². The molecule has 6 nitrogen and oxygen atoms in total. The molecule has 1 heterocycles. The summed E-state index contributed by atoms with van der Waals surface area (Å²) in [5.41, 5.74) is 13.9. The molecule has 4 N–H and O–H groups in total. The van der Waals surface area contributed by atoms with Crippen LogP contribution in [0.4, 0.5) is 23.0 Å². The molecule has 7 heteroatoms. The maximum absolute atomic E-state index is 6.14. The van der Waals surface area contributed by atoms with E-state index in [1.807, 2.05) is 84.9 Å². The Morgan fingerprint density at radius 3 is 2.00 bits per heavy atom. The monoisotopic (exact) mass is 497 g/mol. The average molecular weight is 497 g/mol. The highest BCUT2D eigenvalue weighted by atomic mass is 127. The fraction of sp³-hybridized carbons (Fsp3) is 0.0455. The minimum absolute atomic E-state index is 0.159. The number of hydrogen-bond donors (Lipinski definition) is 2. The lowest BCUT2D eigenvalue weighted by Crippen LogP contribution is -2.03. The molecule has 0 aliphatic rings. The molecule has 1 unspecified atom stereocenters. The standard InChI is InChI=1S/C22H20IN5O/c23-21(16-11-7-4-2-1-3-5-8-12-16)29-18-15-19(24)26-22(25)20(18)28-27-17-13-9-6-10-14-17/h1-15,21H,(H4,24,25,26). The highest BCUT2D eigenvalue weighted by Crippen LogP contribution is 2.39. The number of nitrogens with zero attached hydrogens (tertiary/aromatic N) is 3. The lowest BCUT2D eigenvalue weighted by molar-refractivity contribution is 0.312. The van der Waals surface area contributed by atoms with Crippen LogP contribution in [-0.2, 0) is 0 Å². The molecule has 29 heavy (non-hydrogen) atoms. The summed E-state index contributed by atoms with van der Waals surface area (Å²) in [5.74, 6) is 0.829. The van der Waals surface area contributed by atoms with Crippen molar-refractivity contribution in [3.63, 3.8) is 0 Å². The van der Waals surface area contributed by atoms with Crippen molar-refractivity contribution in [2.75, 3.05) is 11.5 Å². The maximum Gasteiger partial charge on any atom is 0.174 e. The van der Waals surface area contributed by atoms with Gasteiger partial charge in [-0.25, -0.2) is 4.98 Å². The van der Waals surface area contributed by atoms with Gasteiger partial charge in [0.05, 0.1) is 5.69 Å². The molecule has 0 aliphatic heterocycles. The summed E-state index contributed by atoms with van der Waals surface area (Å²) < 4.78 is 5.83. The van der Waals surface area contributed by atoms with Crippen molar-refractivity contribution >= 4 is 45.6 Å². The van der Waals surface area contributed by atoms with Gasteiger partial charge in [0.15, 0.2) is 21.4 Å². The smallest absolute Gasteiger partial charge is 0.174 e. The number of hydrogen-bond acceptors (Lipinski definition) is 6. The van der Waals surface area contributed by atoms with Crippen LogP contribution in [0.25, 0.3) is 0 Å². The molecule has 0 bridgehead atoms. The molecular weight excluding hydrogens is 477 g/mol. The van der Waals surface area contributed by atoms with Gasteiger partial charge in [0.25, 0.3) is 0 Å². The fourth-order valence-corrected chi connectivity index (χ4v) is 3.08. The van der Waals surface area contributed by atoms with Gasteiger partial charge < -0.3 is 16.2 Å². The SMILES string of the molecule is Nc1cc(OC(I)c2ccccccccc2)c(N=Nc2ccccc2)c(N)n1. The summed E-state index contributed by atoms with van der Waals surface area (Å²) in [4.78, 5) is 4.08. The summed E-state index contributed by atoms with van der Waals surface area (Å²) in [7, 11) is 0. The van der Waals surface area contributed by atoms with Gasteiger partial charge in [-0.3, -0.25) is 0 Å². The molecule has 0 saturated heterocycles. The third-order valence-corrected chi connectivity index (χ3v) is 4.74. The Morgan fingerprint density at radius 2 is 1.34 bits per heavy atom. The van der Waals surface area contributed by atoms with Crippen LogP contribution in [0, 0.1) is 0 Å². The molecule has 0 radical (unpaired) electrons. The van der Waals surface area contributed by atoms with Crippen molar-refractivity contribution in [2.45, 2.75) is 4.11 Å². The van der Waals surface area contributed by atoms with Gasteiger partial charge >= 0.3 is 0 Å². The number of aromatic nitrogens is 1. The summed E-state index contributed by atoms with van der Waals surface area (Å²) in [6, 6.07) is 28.6. The van der Waals surface area contributed by atoms with E-state index in [4.69, 9.17) is 16.2 Å². The zero-order chi connectivity index (χ0) is 20.5. The summed E-state index contributed by atoms with van der Waals surface area (Å²) in [6.07, 6.45) is 0. The van der Waals surface area contributed by atoms with Crippen LogP contribution in [0.2, 0.25) is 0 Å². The van der Waals surface area contributed by atoms with Crippen molar-refractivity contribution in [3.8, 4) is 5.75 Å². The van der Waals surface area contributed by atoms with Crippen molar-refractivity contribution in [2.24, 2.45) is 10.2 Å². The minimum atomic E-state index is -0.308. The van der Waals surface area contributed by atoms with E-state index in [1.54, 1.807) is 6.07 Å². The number of nitrogen functional groups attached to an aromatic ring is 2. The number of nitrogens with two attached hydrogens (primary N) is 2. The number of benzene rings is 1. The second-order valence-corrected chi connectivity index (χ2v) is 7.06. The molecule has 0 fully saturated rings. The molecule has 1 atom stereocenters. The topological polar surface area (TPSA) is 98.9 Å². The van der Waals surface area contributed by atoms with Gasteiger partial charge in [0.2, 0.25) is 0 Å². The molecule has 0 spiro atoms. The van der Waals surface area contributed by atoms with Crippen LogP contribution in [0.15, 0.2) is 101 Å². The van der Waals surface area contributed by atoms with Crippen LogP contribution in [0.5, 0.6) is 5.75 Å². The van der Waals surface area contributed by atoms with E-state index in [2.05, 4.69) is 37.8 Å². The molecule has 1 aromatic heterocycles. The van der Waals surface area contributed by atoms with E-state index in [1.165, 1.54) is 0 Å². The summed E-state index contributed by atoms with van der Waals surface area (Å²) in [6.45, 7) is 0. The van der Waals surface area contributed by atoms with Crippen LogP contribution in [-0.4, -0.2) is 4.98 Å². The minimum Gasteiger partial charge on any atom is -0.473 e. The number of pyridine rings is 1. The van der Waals surface area contributed by atoms with Crippen LogP contribution in [0.3, 0.4) is 0 Å². The Hall–Kier alpha value is -3.20. The third kappa shape index (κ3) is 6.15. The fourth-order valence-electron chi connectivity index (χ4n) is 2.39. The predicted octanol–water partition coefficient (Wildman–Crippen LogP) is 6.30. The maximum atomic E-state index is 6.14. The Kier molecular flexibility index (Phi) is 7.34. The lowest BCUT2D eigenvalue weighted by atomic mass is 10.2.